The SMILES string of the molecule is COc1ccccc1CCNCC(=O)N1CCc2cc(OC)c(OC)cc2C1. The van der Waals surface area contributed by atoms with E-state index in [2.05, 4.69) is 5.32 Å². The fourth-order valence-electron chi connectivity index (χ4n) is 3.54. The molecule has 6 heteroatoms. The van der Waals surface area contributed by atoms with Crippen LogP contribution in [0.5, 0.6) is 17.2 Å². The second-order valence-electron chi connectivity index (χ2n) is 6.78. The first-order chi connectivity index (χ1) is 13.7. The van der Waals surface area contributed by atoms with Crippen LogP contribution in [-0.2, 0) is 24.2 Å². The zero-order valence-electron chi connectivity index (χ0n) is 16.8. The monoisotopic (exact) mass is 384 g/mol. The Morgan fingerprint density at radius 1 is 1.00 bits per heavy atom. The second-order valence-corrected chi connectivity index (χ2v) is 6.78. The van der Waals surface area contributed by atoms with Crippen LogP contribution in [0.1, 0.15) is 16.7 Å². The molecule has 1 aliphatic heterocycles. The van der Waals surface area contributed by atoms with Crippen molar-refractivity contribution in [2.75, 3.05) is 41.0 Å². The number of carbonyl (C=O) groups is 1. The van der Waals surface area contributed by atoms with Crippen molar-refractivity contribution < 1.29 is 19.0 Å². The molecule has 0 aromatic heterocycles. The van der Waals surface area contributed by atoms with E-state index in [0.29, 0.717) is 18.8 Å². The number of methoxy groups -OCH3 is 3. The van der Waals surface area contributed by atoms with E-state index < -0.39 is 0 Å². The summed E-state index contributed by atoms with van der Waals surface area (Å²) in [5, 5.41) is 3.26. The Balaban J connectivity index is 1.52. The van der Waals surface area contributed by atoms with Gasteiger partial charge in [0.1, 0.15) is 5.75 Å². The summed E-state index contributed by atoms with van der Waals surface area (Å²) in [7, 11) is 4.94. The summed E-state index contributed by atoms with van der Waals surface area (Å²) < 4.78 is 16.1. The van der Waals surface area contributed by atoms with Crippen molar-refractivity contribution in [3.63, 3.8) is 0 Å². The zero-order valence-corrected chi connectivity index (χ0v) is 16.8. The van der Waals surface area contributed by atoms with E-state index >= 15 is 0 Å². The maximum atomic E-state index is 12.6. The summed E-state index contributed by atoms with van der Waals surface area (Å²) >= 11 is 0. The average molecular weight is 384 g/mol. The van der Waals surface area contributed by atoms with E-state index in [4.69, 9.17) is 14.2 Å². The van der Waals surface area contributed by atoms with E-state index in [1.54, 1.807) is 21.3 Å². The van der Waals surface area contributed by atoms with Gasteiger partial charge in [-0.1, -0.05) is 18.2 Å². The molecule has 2 aromatic carbocycles. The molecule has 0 bridgehead atoms. The zero-order chi connectivity index (χ0) is 19.9. The van der Waals surface area contributed by atoms with E-state index in [-0.39, 0.29) is 5.91 Å². The first kappa shape index (κ1) is 20.0. The molecule has 28 heavy (non-hydrogen) atoms. The Morgan fingerprint density at radius 3 is 2.39 bits per heavy atom. The number of nitrogens with one attached hydrogen (secondary N) is 1. The Kier molecular flexibility index (Phi) is 6.76. The fourth-order valence-corrected chi connectivity index (χ4v) is 3.54. The van der Waals surface area contributed by atoms with Gasteiger partial charge in [0, 0.05) is 13.1 Å². The number of benzene rings is 2. The number of nitrogens with zero attached hydrogens (tertiary/aromatic N) is 1. The van der Waals surface area contributed by atoms with Crippen LogP contribution in [0.2, 0.25) is 0 Å². The molecule has 1 amide bonds. The molecule has 0 fully saturated rings. The summed E-state index contributed by atoms with van der Waals surface area (Å²) in [6, 6.07) is 11.9. The predicted octanol–water partition coefficient (Wildman–Crippen LogP) is 2.43. The van der Waals surface area contributed by atoms with Gasteiger partial charge in [0.05, 0.1) is 27.9 Å². The maximum Gasteiger partial charge on any atom is 0.236 e. The van der Waals surface area contributed by atoms with Crippen molar-refractivity contribution in [3.05, 3.63) is 53.1 Å². The minimum Gasteiger partial charge on any atom is -0.496 e. The summed E-state index contributed by atoms with van der Waals surface area (Å²) in [4.78, 5) is 14.5. The lowest BCUT2D eigenvalue weighted by Crippen LogP contribution is -2.41. The quantitative estimate of drug-likeness (QED) is 0.709. The highest BCUT2D eigenvalue weighted by Gasteiger charge is 2.22. The standard InChI is InChI=1S/C22H28N2O4/c1-26-19-7-5-4-6-16(19)8-10-23-14-22(25)24-11-9-17-12-20(27-2)21(28-3)13-18(17)15-24/h4-7,12-13,23H,8-11,14-15H2,1-3H3. The first-order valence-corrected chi connectivity index (χ1v) is 9.50. The molecule has 1 N–H and O–H groups in total. The number of ether oxygens (including phenoxy) is 3. The Labute approximate surface area is 166 Å². The highest BCUT2D eigenvalue weighted by Crippen LogP contribution is 2.33. The third kappa shape index (κ3) is 4.57. The Hall–Kier alpha value is -2.73. The molecule has 0 aliphatic carbocycles. The average Bonchev–Trinajstić information content (AvgIpc) is 2.75. The van der Waals surface area contributed by atoms with Crippen LogP contribution >= 0.6 is 0 Å². The van der Waals surface area contributed by atoms with Crippen molar-refractivity contribution >= 4 is 5.91 Å². The molecule has 0 saturated heterocycles. The van der Waals surface area contributed by atoms with Gasteiger partial charge in [-0.3, -0.25) is 4.79 Å². The van der Waals surface area contributed by atoms with E-state index in [0.717, 1.165) is 48.6 Å². The van der Waals surface area contributed by atoms with E-state index in [9.17, 15) is 4.79 Å². The largest absolute Gasteiger partial charge is 0.496 e. The molecular formula is C22H28N2O4. The summed E-state index contributed by atoms with van der Waals surface area (Å²) in [5.41, 5.74) is 3.47. The van der Waals surface area contributed by atoms with Crippen LogP contribution in [0, 0.1) is 0 Å². The van der Waals surface area contributed by atoms with Crippen molar-refractivity contribution in [3.8, 4) is 17.2 Å². The minimum absolute atomic E-state index is 0.112. The van der Waals surface area contributed by atoms with Crippen LogP contribution in [0.3, 0.4) is 0 Å². The van der Waals surface area contributed by atoms with Crippen molar-refractivity contribution in [1.82, 2.24) is 10.2 Å². The number of amides is 1. The predicted molar refractivity (Wildman–Crippen MR) is 108 cm³/mol. The van der Waals surface area contributed by atoms with Gasteiger partial charge < -0.3 is 24.4 Å². The summed E-state index contributed by atoms with van der Waals surface area (Å²) in [5.74, 6) is 2.43. The smallest absolute Gasteiger partial charge is 0.236 e. The molecule has 0 saturated carbocycles. The third-order valence-electron chi connectivity index (χ3n) is 5.11. The van der Waals surface area contributed by atoms with Crippen LogP contribution in [0.4, 0.5) is 0 Å². The van der Waals surface area contributed by atoms with Gasteiger partial charge in [-0.2, -0.15) is 0 Å². The van der Waals surface area contributed by atoms with Crippen molar-refractivity contribution in [1.29, 1.82) is 0 Å². The van der Waals surface area contributed by atoms with Gasteiger partial charge >= 0.3 is 0 Å². The molecular weight excluding hydrogens is 356 g/mol. The topological polar surface area (TPSA) is 60.0 Å². The molecule has 2 aromatic rings. The molecule has 6 nitrogen and oxygen atoms in total. The number of hydrogen-bond donors (Lipinski definition) is 1. The molecule has 1 aliphatic rings. The minimum atomic E-state index is 0.112. The van der Waals surface area contributed by atoms with Gasteiger partial charge in [-0.25, -0.2) is 0 Å². The molecule has 150 valence electrons. The lowest BCUT2D eigenvalue weighted by molar-refractivity contribution is -0.131. The number of rotatable bonds is 8. The highest BCUT2D eigenvalue weighted by molar-refractivity contribution is 5.78. The van der Waals surface area contributed by atoms with Gasteiger partial charge in [0.15, 0.2) is 11.5 Å². The van der Waals surface area contributed by atoms with Gasteiger partial charge in [0.2, 0.25) is 5.91 Å². The number of para-hydroxylation sites is 1. The summed E-state index contributed by atoms with van der Waals surface area (Å²) in [6.45, 7) is 2.37. The first-order valence-electron chi connectivity index (χ1n) is 9.50. The molecule has 0 unspecified atom stereocenters. The lowest BCUT2D eigenvalue weighted by atomic mass is 9.98. The van der Waals surface area contributed by atoms with Crippen LogP contribution < -0.4 is 19.5 Å². The molecule has 1 heterocycles. The van der Waals surface area contributed by atoms with Crippen LogP contribution in [-0.4, -0.2) is 51.8 Å². The highest BCUT2D eigenvalue weighted by atomic mass is 16.5. The van der Waals surface area contributed by atoms with E-state index in [1.807, 2.05) is 41.3 Å². The van der Waals surface area contributed by atoms with Crippen molar-refractivity contribution in [2.24, 2.45) is 0 Å². The fraction of sp³-hybridized carbons (Fsp3) is 0.409. The lowest BCUT2D eigenvalue weighted by Gasteiger charge is -2.29. The van der Waals surface area contributed by atoms with Gasteiger partial charge in [-0.15, -0.1) is 0 Å². The third-order valence-corrected chi connectivity index (χ3v) is 5.11. The second kappa shape index (κ2) is 9.46. The molecule has 0 radical (unpaired) electrons. The molecule has 3 rings (SSSR count). The maximum absolute atomic E-state index is 12.6. The van der Waals surface area contributed by atoms with Gasteiger partial charge in [-0.05, 0) is 54.3 Å². The molecule has 0 atom stereocenters. The van der Waals surface area contributed by atoms with E-state index in [1.165, 1.54) is 5.56 Å². The molecule has 0 spiro atoms. The van der Waals surface area contributed by atoms with Crippen molar-refractivity contribution in [2.45, 2.75) is 19.4 Å². The summed E-state index contributed by atoms with van der Waals surface area (Å²) in [6.07, 6.45) is 1.64. The Morgan fingerprint density at radius 2 is 1.68 bits per heavy atom. The number of carbonyl (C=O) groups excluding carboxylic acids is 1. The Bertz CT molecular complexity index is 822. The van der Waals surface area contributed by atoms with Crippen LogP contribution in [0.25, 0.3) is 0 Å². The number of fused-ring (bicyclic) bond motifs is 1. The number of hydrogen-bond acceptors (Lipinski definition) is 5. The van der Waals surface area contributed by atoms with Gasteiger partial charge in [0.25, 0.3) is 0 Å². The van der Waals surface area contributed by atoms with Crippen LogP contribution in [0.15, 0.2) is 36.4 Å². The normalized spacial score (nSPS) is 13.0.